The molecule has 0 bridgehead atoms. The predicted molar refractivity (Wildman–Crippen MR) is 75.6 cm³/mol. The zero-order valence-electron chi connectivity index (χ0n) is 12.7. The number of carbonyl (C=O) groups excluding carboxylic acids is 1. The number of hydrogen-bond donors (Lipinski definition) is 1. The van der Waals surface area contributed by atoms with Crippen molar-refractivity contribution < 1.29 is 19.4 Å². The summed E-state index contributed by atoms with van der Waals surface area (Å²) in [4.78, 5) is 26.6. The maximum atomic E-state index is 12.5. The molecule has 0 aromatic rings. The van der Waals surface area contributed by atoms with E-state index in [1.807, 2.05) is 13.8 Å². The quantitative estimate of drug-likeness (QED) is 0.803. The van der Waals surface area contributed by atoms with E-state index < -0.39 is 5.97 Å². The van der Waals surface area contributed by atoms with Crippen molar-refractivity contribution in [2.75, 3.05) is 39.9 Å². The van der Waals surface area contributed by atoms with Crippen LogP contribution in [0.2, 0.25) is 0 Å². The van der Waals surface area contributed by atoms with E-state index in [2.05, 4.69) is 0 Å². The number of hydrogen-bond acceptors (Lipinski definition) is 3. The van der Waals surface area contributed by atoms with Crippen molar-refractivity contribution in [1.29, 1.82) is 0 Å². The van der Waals surface area contributed by atoms with E-state index >= 15 is 0 Å². The summed E-state index contributed by atoms with van der Waals surface area (Å²) in [5.41, 5.74) is 0. The first-order valence-corrected chi connectivity index (χ1v) is 7.18. The number of urea groups is 1. The number of rotatable bonds is 6. The predicted octanol–water partition coefficient (Wildman–Crippen LogP) is 1.51. The van der Waals surface area contributed by atoms with Crippen LogP contribution in [-0.4, -0.2) is 66.8 Å². The Hall–Kier alpha value is -1.30. The van der Waals surface area contributed by atoms with Gasteiger partial charge in [-0.1, -0.05) is 13.8 Å². The van der Waals surface area contributed by atoms with Gasteiger partial charge in [0.2, 0.25) is 0 Å². The minimum atomic E-state index is -0.968. The molecular weight excluding hydrogens is 260 g/mol. The number of amides is 2. The van der Waals surface area contributed by atoms with E-state index in [-0.39, 0.29) is 18.5 Å². The van der Waals surface area contributed by atoms with Gasteiger partial charge in [0.05, 0.1) is 6.61 Å². The fourth-order valence-electron chi connectivity index (χ4n) is 2.62. The maximum absolute atomic E-state index is 12.5. The van der Waals surface area contributed by atoms with Crippen molar-refractivity contribution in [3.05, 3.63) is 0 Å². The molecule has 0 saturated carbocycles. The van der Waals surface area contributed by atoms with Crippen molar-refractivity contribution in [1.82, 2.24) is 9.80 Å². The molecule has 0 aromatic heterocycles. The van der Waals surface area contributed by atoms with Crippen LogP contribution >= 0.6 is 0 Å². The van der Waals surface area contributed by atoms with E-state index in [0.717, 1.165) is 12.8 Å². The lowest BCUT2D eigenvalue weighted by Gasteiger charge is -2.36. The summed E-state index contributed by atoms with van der Waals surface area (Å²) in [5, 5.41) is 8.95. The monoisotopic (exact) mass is 286 g/mol. The Kier molecular flexibility index (Phi) is 6.78. The molecule has 0 radical (unpaired) electrons. The molecule has 0 aromatic carbocycles. The van der Waals surface area contributed by atoms with Crippen LogP contribution in [0.3, 0.4) is 0 Å². The number of carbonyl (C=O) groups is 2. The molecule has 2 amide bonds. The molecule has 0 aliphatic carbocycles. The van der Waals surface area contributed by atoms with Crippen molar-refractivity contribution in [2.45, 2.75) is 26.7 Å². The molecule has 6 heteroatoms. The number of likely N-dealkylation sites (tertiary alicyclic amines) is 1. The van der Waals surface area contributed by atoms with Crippen LogP contribution < -0.4 is 0 Å². The fourth-order valence-corrected chi connectivity index (χ4v) is 2.62. The van der Waals surface area contributed by atoms with Gasteiger partial charge in [0, 0.05) is 32.7 Å². The Morgan fingerprint density at radius 1 is 1.45 bits per heavy atom. The molecule has 1 aliphatic rings. The van der Waals surface area contributed by atoms with Crippen LogP contribution in [-0.2, 0) is 9.53 Å². The van der Waals surface area contributed by atoms with E-state index in [1.165, 1.54) is 4.90 Å². The molecular formula is C14H26N2O4. The normalized spacial score (nSPS) is 19.2. The van der Waals surface area contributed by atoms with Gasteiger partial charge in [-0.25, -0.2) is 4.79 Å². The van der Waals surface area contributed by atoms with Crippen molar-refractivity contribution >= 4 is 12.0 Å². The first kappa shape index (κ1) is 16.8. The highest BCUT2D eigenvalue weighted by atomic mass is 16.5. The second-order valence-corrected chi connectivity index (χ2v) is 5.86. The zero-order valence-corrected chi connectivity index (χ0v) is 12.7. The van der Waals surface area contributed by atoms with Gasteiger partial charge in [0.15, 0.2) is 0 Å². The zero-order chi connectivity index (χ0) is 15.1. The van der Waals surface area contributed by atoms with Crippen LogP contribution in [0.15, 0.2) is 0 Å². The number of piperidine rings is 1. The van der Waals surface area contributed by atoms with Gasteiger partial charge in [-0.05, 0) is 18.8 Å². The van der Waals surface area contributed by atoms with Gasteiger partial charge in [-0.15, -0.1) is 0 Å². The third-order valence-electron chi connectivity index (χ3n) is 3.37. The Balaban J connectivity index is 2.64. The first-order valence-electron chi connectivity index (χ1n) is 7.18. The molecule has 0 spiro atoms. The average Bonchev–Trinajstić information content (AvgIpc) is 2.37. The average molecular weight is 286 g/mol. The van der Waals surface area contributed by atoms with E-state index in [0.29, 0.717) is 32.2 Å². The van der Waals surface area contributed by atoms with Crippen LogP contribution in [0.5, 0.6) is 0 Å². The standard InChI is InChI=1S/C14H26N2O4/c1-11(2)7-16(9-13(17)18)14(19)15-6-4-5-12(8-15)10-20-3/h11-12H,4-10H2,1-3H3,(H,17,18). The summed E-state index contributed by atoms with van der Waals surface area (Å²) in [6.07, 6.45) is 2.00. The molecule has 1 saturated heterocycles. The number of carboxylic acids is 1. The lowest BCUT2D eigenvalue weighted by molar-refractivity contribution is -0.137. The van der Waals surface area contributed by atoms with Gasteiger partial charge in [0.1, 0.15) is 6.54 Å². The summed E-state index contributed by atoms with van der Waals surface area (Å²) in [7, 11) is 1.66. The Morgan fingerprint density at radius 3 is 2.70 bits per heavy atom. The summed E-state index contributed by atoms with van der Waals surface area (Å²) >= 11 is 0. The minimum absolute atomic E-state index is 0.165. The second kappa shape index (κ2) is 8.09. The van der Waals surface area contributed by atoms with E-state index in [9.17, 15) is 9.59 Å². The van der Waals surface area contributed by atoms with Gasteiger partial charge < -0.3 is 19.6 Å². The van der Waals surface area contributed by atoms with Gasteiger partial charge in [0.25, 0.3) is 0 Å². The van der Waals surface area contributed by atoms with Gasteiger partial charge in [-0.3, -0.25) is 4.79 Å². The van der Waals surface area contributed by atoms with Crippen LogP contribution in [0.25, 0.3) is 0 Å². The fraction of sp³-hybridized carbons (Fsp3) is 0.857. The summed E-state index contributed by atoms with van der Waals surface area (Å²) in [6.45, 7) is 6.19. The lowest BCUT2D eigenvalue weighted by atomic mass is 9.99. The second-order valence-electron chi connectivity index (χ2n) is 5.86. The number of aliphatic carboxylic acids is 1. The molecule has 1 aliphatic heterocycles. The highest BCUT2D eigenvalue weighted by molar-refractivity contribution is 5.80. The van der Waals surface area contributed by atoms with E-state index in [4.69, 9.17) is 9.84 Å². The number of methoxy groups -OCH3 is 1. The van der Waals surface area contributed by atoms with Gasteiger partial charge >= 0.3 is 12.0 Å². The number of ether oxygens (including phenoxy) is 1. The van der Waals surface area contributed by atoms with E-state index in [1.54, 1.807) is 12.0 Å². The Morgan fingerprint density at radius 2 is 2.15 bits per heavy atom. The van der Waals surface area contributed by atoms with Crippen LogP contribution in [0, 0.1) is 11.8 Å². The van der Waals surface area contributed by atoms with Crippen molar-refractivity contribution in [3.63, 3.8) is 0 Å². The highest BCUT2D eigenvalue weighted by Crippen LogP contribution is 2.18. The molecule has 1 heterocycles. The Labute approximate surface area is 120 Å². The largest absolute Gasteiger partial charge is 0.480 e. The van der Waals surface area contributed by atoms with Crippen molar-refractivity contribution in [3.8, 4) is 0 Å². The smallest absolute Gasteiger partial charge is 0.323 e. The highest BCUT2D eigenvalue weighted by Gasteiger charge is 2.28. The summed E-state index contributed by atoms with van der Waals surface area (Å²) in [6, 6.07) is -0.165. The minimum Gasteiger partial charge on any atom is -0.480 e. The molecule has 1 rings (SSSR count). The van der Waals surface area contributed by atoms with Gasteiger partial charge in [-0.2, -0.15) is 0 Å². The molecule has 116 valence electrons. The SMILES string of the molecule is COCC1CCCN(C(=O)N(CC(=O)O)CC(C)C)C1. The van der Waals surface area contributed by atoms with Crippen LogP contribution in [0.4, 0.5) is 4.79 Å². The third-order valence-corrected chi connectivity index (χ3v) is 3.37. The maximum Gasteiger partial charge on any atom is 0.323 e. The molecule has 1 fully saturated rings. The van der Waals surface area contributed by atoms with Crippen LogP contribution in [0.1, 0.15) is 26.7 Å². The molecule has 1 N–H and O–H groups in total. The molecule has 1 atom stereocenters. The third kappa shape index (κ3) is 5.36. The topological polar surface area (TPSA) is 70.1 Å². The number of carboxylic acid groups (broad SMARTS) is 1. The Bertz CT molecular complexity index is 331. The summed E-state index contributed by atoms with van der Waals surface area (Å²) in [5.74, 6) is -0.370. The molecule has 1 unspecified atom stereocenters. The van der Waals surface area contributed by atoms with Crippen molar-refractivity contribution in [2.24, 2.45) is 11.8 Å². The lowest BCUT2D eigenvalue weighted by Crippen LogP contribution is -2.50. The summed E-state index contributed by atoms with van der Waals surface area (Å²) < 4.78 is 5.15. The number of nitrogens with zero attached hydrogens (tertiary/aromatic N) is 2. The first-order chi connectivity index (χ1) is 9.43. The molecule has 20 heavy (non-hydrogen) atoms. The molecule has 6 nitrogen and oxygen atoms in total.